The summed E-state index contributed by atoms with van der Waals surface area (Å²) in [6.45, 7) is 1.56. The molecule has 1 aromatic rings. The number of hydrogen-bond donors (Lipinski definition) is 1. The van der Waals surface area contributed by atoms with Crippen LogP contribution in [0.4, 0.5) is 0 Å². The number of nitrogens with two attached hydrogens (primary N) is 1. The first-order valence-corrected chi connectivity index (χ1v) is 6.01. The maximum absolute atomic E-state index is 5.54. The molecule has 1 aliphatic heterocycles. The summed E-state index contributed by atoms with van der Waals surface area (Å²) in [7, 11) is 0. The van der Waals surface area contributed by atoms with Crippen LogP contribution in [-0.2, 0) is 17.6 Å². The van der Waals surface area contributed by atoms with Crippen LogP contribution < -0.4 is 5.73 Å². The van der Waals surface area contributed by atoms with Gasteiger partial charge in [0.15, 0.2) is 0 Å². The van der Waals surface area contributed by atoms with Crippen molar-refractivity contribution in [3.8, 4) is 0 Å². The van der Waals surface area contributed by atoms with Crippen LogP contribution in [0, 0.1) is 0 Å². The van der Waals surface area contributed by atoms with E-state index in [1.165, 1.54) is 6.42 Å². The lowest BCUT2D eigenvalue weighted by Gasteiger charge is -2.05. The van der Waals surface area contributed by atoms with Gasteiger partial charge >= 0.3 is 0 Å². The quantitative estimate of drug-likeness (QED) is 0.784. The van der Waals surface area contributed by atoms with Crippen molar-refractivity contribution >= 4 is 0 Å². The molecular weight excluding hydrogens is 206 g/mol. The molecule has 0 aromatic carbocycles. The Bertz CT molecular complexity index is 308. The third-order valence-electron chi connectivity index (χ3n) is 2.81. The van der Waals surface area contributed by atoms with Gasteiger partial charge in [-0.15, -0.1) is 10.2 Å². The van der Waals surface area contributed by atoms with E-state index < -0.39 is 0 Å². The number of rotatable bonds is 6. The zero-order chi connectivity index (χ0) is 11.2. The van der Waals surface area contributed by atoms with Crippen molar-refractivity contribution in [1.29, 1.82) is 0 Å². The van der Waals surface area contributed by atoms with E-state index in [-0.39, 0.29) is 0 Å². The molecule has 0 bridgehead atoms. The van der Waals surface area contributed by atoms with E-state index in [4.69, 9.17) is 14.9 Å². The Morgan fingerprint density at radius 1 is 1.25 bits per heavy atom. The second kappa shape index (κ2) is 5.96. The van der Waals surface area contributed by atoms with Crippen LogP contribution >= 0.6 is 0 Å². The van der Waals surface area contributed by atoms with Gasteiger partial charge in [-0.05, 0) is 32.2 Å². The van der Waals surface area contributed by atoms with Gasteiger partial charge in [-0.2, -0.15) is 0 Å². The van der Waals surface area contributed by atoms with E-state index in [9.17, 15) is 0 Å². The normalized spacial score (nSPS) is 20.4. The van der Waals surface area contributed by atoms with Gasteiger partial charge in [-0.3, -0.25) is 0 Å². The first-order valence-electron chi connectivity index (χ1n) is 6.01. The van der Waals surface area contributed by atoms with E-state index >= 15 is 0 Å². The molecule has 1 aromatic heterocycles. The van der Waals surface area contributed by atoms with Crippen LogP contribution in [0.3, 0.4) is 0 Å². The third kappa shape index (κ3) is 3.28. The predicted molar refractivity (Wildman–Crippen MR) is 59.0 cm³/mol. The lowest BCUT2D eigenvalue weighted by Crippen LogP contribution is -2.06. The minimum atomic E-state index is 0.388. The lowest BCUT2D eigenvalue weighted by atomic mass is 10.1. The highest BCUT2D eigenvalue weighted by Gasteiger charge is 2.16. The predicted octanol–water partition coefficient (Wildman–Crippen LogP) is 1.07. The minimum Gasteiger partial charge on any atom is -0.425 e. The maximum atomic E-state index is 5.54. The SMILES string of the molecule is NCCCc1nnc(CCC2CCCO2)o1. The van der Waals surface area contributed by atoms with E-state index in [1.54, 1.807) is 0 Å². The summed E-state index contributed by atoms with van der Waals surface area (Å²) in [5.74, 6) is 1.43. The number of nitrogens with zero attached hydrogens (tertiary/aromatic N) is 2. The monoisotopic (exact) mass is 225 g/mol. The molecule has 0 saturated carbocycles. The topological polar surface area (TPSA) is 74.2 Å². The van der Waals surface area contributed by atoms with Gasteiger partial charge in [0.05, 0.1) is 6.10 Å². The highest BCUT2D eigenvalue weighted by atomic mass is 16.5. The van der Waals surface area contributed by atoms with Gasteiger partial charge in [0.25, 0.3) is 0 Å². The summed E-state index contributed by atoms with van der Waals surface area (Å²) >= 11 is 0. The highest BCUT2D eigenvalue weighted by Crippen LogP contribution is 2.17. The summed E-state index contributed by atoms with van der Waals surface area (Å²) in [4.78, 5) is 0. The molecule has 0 spiro atoms. The van der Waals surface area contributed by atoms with E-state index in [1.807, 2.05) is 0 Å². The summed E-state index contributed by atoms with van der Waals surface area (Å²) in [5.41, 5.74) is 5.42. The molecule has 2 heterocycles. The Morgan fingerprint density at radius 2 is 2.06 bits per heavy atom. The minimum absolute atomic E-state index is 0.388. The van der Waals surface area contributed by atoms with Gasteiger partial charge in [-0.1, -0.05) is 0 Å². The number of ether oxygens (including phenoxy) is 1. The Hall–Kier alpha value is -0.940. The number of hydrogen-bond acceptors (Lipinski definition) is 5. The molecule has 1 saturated heterocycles. The summed E-state index contributed by atoms with van der Waals surface area (Å²) in [6, 6.07) is 0. The molecule has 1 aliphatic rings. The maximum Gasteiger partial charge on any atom is 0.216 e. The first-order chi connectivity index (χ1) is 7.88. The number of aryl methyl sites for hydroxylation is 2. The van der Waals surface area contributed by atoms with E-state index in [2.05, 4.69) is 10.2 Å². The van der Waals surface area contributed by atoms with Crippen molar-refractivity contribution in [2.75, 3.05) is 13.2 Å². The van der Waals surface area contributed by atoms with Crippen molar-refractivity contribution < 1.29 is 9.15 Å². The fourth-order valence-corrected chi connectivity index (χ4v) is 1.90. The fraction of sp³-hybridized carbons (Fsp3) is 0.818. The Balaban J connectivity index is 1.73. The van der Waals surface area contributed by atoms with Crippen molar-refractivity contribution in [2.24, 2.45) is 5.73 Å². The van der Waals surface area contributed by atoms with Crippen LogP contribution in [0.2, 0.25) is 0 Å². The Labute approximate surface area is 95.4 Å². The molecule has 0 amide bonds. The molecule has 16 heavy (non-hydrogen) atoms. The van der Waals surface area contributed by atoms with Crippen LogP contribution in [-0.4, -0.2) is 29.5 Å². The first kappa shape index (κ1) is 11.5. The molecule has 1 fully saturated rings. The second-order valence-corrected chi connectivity index (χ2v) is 4.16. The molecule has 0 radical (unpaired) electrons. The largest absolute Gasteiger partial charge is 0.425 e. The summed E-state index contributed by atoms with van der Waals surface area (Å²) in [6.07, 6.45) is 6.21. The molecule has 1 unspecified atom stereocenters. The van der Waals surface area contributed by atoms with Crippen LogP contribution in [0.25, 0.3) is 0 Å². The average Bonchev–Trinajstić information content (AvgIpc) is 2.95. The third-order valence-corrected chi connectivity index (χ3v) is 2.81. The van der Waals surface area contributed by atoms with Crippen LogP contribution in [0.5, 0.6) is 0 Å². The smallest absolute Gasteiger partial charge is 0.216 e. The van der Waals surface area contributed by atoms with Crippen molar-refractivity contribution in [3.05, 3.63) is 11.8 Å². The standard InChI is InChI=1S/C11H19N3O2/c12-7-1-4-10-13-14-11(16-10)6-5-9-3-2-8-15-9/h9H,1-8,12H2. The molecular formula is C11H19N3O2. The molecule has 5 nitrogen and oxygen atoms in total. The van der Waals surface area contributed by atoms with Crippen LogP contribution in [0.1, 0.15) is 37.5 Å². The Kier molecular flexibility index (Phi) is 4.30. The molecule has 1 atom stereocenters. The summed E-state index contributed by atoms with van der Waals surface area (Å²) in [5, 5.41) is 8.00. The van der Waals surface area contributed by atoms with Gasteiger partial charge in [0.1, 0.15) is 0 Å². The van der Waals surface area contributed by atoms with Gasteiger partial charge in [0, 0.05) is 19.4 Å². The zero-order valence-corrected chi connectivity index (χ0v) is 9.52. The van der Waals surface area contributed by atoms with Crippen molar-refractivity contribution in [2.45, 2.75) is 44.6 Å². The second-order valence-electron chi connectivity index (χ2n) is 4.16. The molecule has 90 valence electrons. The zero-order valence-electron chi connectivity index (χ0n) is 9.52. The van der Waals surface area contributed by atoms with E-state index in [0.717, 1.165) is 44.6 Å². The van der Waals surface area contributed by atoms with Gasteiger partial charge in [-0.25, -0.2) is 0 Å². The molecule has 0 aliphatic carbocycles. The summed E-state index contributed by atoms with van der Waals surface area (Å²) < 4.78 is 11.1. The van der Waals surface area contributed by atoms with Gasteiger partial charge in [0.2, 0.25) is 11.8 Å². The van der Waals surface area contributed by atoms with E-state index in [0.29, 0.717) is 18.5 Å². The lowest BCUT2D eigenvalue weighted by molar-refractivity contribution is 0.103. The fourth-order valence-electron chi connectivity index (χ4n) is 1.90. The molecule has 2 rings (SSSR count). The average molecular weight is 225 g/mol. The van der Waals surface area contributed by atoms with Gasteiger partial charge < -0.3 is 14.9 Å². The van der Waals surface area contributed by atoms with Crippen molar-refractivity contribution in [1.82, 2.24) is 10.2 Å². The molecule has 2 N–H and O–H groups in total. The van der Waals surface area contributed by atoms with Crippen LogP contribution in [0.15, 0.2) is 4.42 Å². The highest BCUT2D eigenvalue weighted by molar-refractivity contribution is 4.83. The Morgan fingerprint density at radius 3 is 2.75 bits per heavy atom. The number of aromatic nitrogens is 2. The molecule has 5 heteroatoms. The van der Waals surface area contributed by atoms with Crippen molar-refractivity contribution in [3.63, 3.8) is 0 Å².